The molecule has 6 nitrogen and oxygen atoms in total. The van der Waals surface area contributed by atoms with Gasteiger partial charge in [0.25, 0.3) is 0 Å². The molecule has 0 N–H and O–H groups in total. The van der Waals surface area contributed by atoms with Gasteiger partial charge in [-0.25, -0.2) is 4.99 Å². The highest BCUT2D eigenvalue weighted by molar-refractivity contribution is 6.21. The molecule has 132 valence electrons. The Morgan fingerprint density at radius 1 is 1.12 bits per heavy atom. The average Bonchev–Trinajstić information content (AvgIpc) is 3.18. The van der Waals surface area contributed by atoms with Gasteiger partial charge >= 0.3 is 0 Å². The molecule has 2 aliphatic rings. The molecule has 0 atom stereocenters. The first-order valence-corrected chi connectivity index (χ1v) is 8.45. The SMILES string of the molecule is COc1cc2c(cc1OC)C1=NCCN1C(CC(=O)c1ccccc1)=N2. The minimum absolute atomic E-state index is 0.0412. The van der Waals surface area contributed by atoms with E-state index in [1.54, 1.807) is 14.2 Å². The Bertz CT molecular complexity index is 919. The fourth-order valence-electron chi connectivity index (χ4n) is 3.27. The molecule has 0 fully saturated rings. The van der Waals surface area contributed by atoms with E-state index in [0.29, 0.717) is 23.6 Å². The van der Waals surface area contributed by atoms with Crippen LogP contribution in [0.1, 0.15) is 22.3 Å². The van der Waals surface area contributed by atoms with E-state index in [1.165, 1.54) is 0 Å². The van der Waals surface area contributed by atoms with Crippen LogP contribution in [0.2, 0.25) is 0 Å². The van der Waals surface area contributed by atoms with Crippen LogP contribution < -0.4 is 9.47 Å². The molecule has 0 unspecified atom stereocenters. The quantitative estimate of drug-likeness (QED) is 0.778. The molecule has 2 heterocycles. The molecule has 0 amide bonds. The number of carbonyl (C=O) groups is 1. The van der Waals surface area contributed by atoms with Gasteiger partial charge in [0, 0.05) is 23.7 Å². The van der Waals surface area contributed by atoms with Crippen molar-refractivity contribution in [2.45, 2.75) is 6.42 Å². The lowest BCUT2D eigenvalue weighted by molar-refractivity contribution is 0.0998. The Morgan fingerprint density at radius 3 is 2.58 bits per heavy atom. The predicted octanol–water partition coefficient (Wildman–Crippen LogP) is 3.08. The molecule has 0 saturated carbocycles. The molecule has 26 heavy (non-hydrogen) atoms. The summed E-state index contributed by atoms with van der Waals surface area (Å²) in [5.41, 5.74) is 2.33. The van der Waals surface area contributed by atoms with Crippen molar-refractivity contribution >= 4 is 23.1 Å². The molecule has 2 aliphatic heterocycles. The molecule has 0 radical (unpaired) electrons. The monoisotopic (exact) mass is 349 g/mol. The summed E-state index contributed by atoms with van der Waals surface area (Å²) in [6, 6.07) is 13.0. The maximum absolute atomic E-state index is 12.6. The second-order valence-electron chi connectivity index (χ2n) is 6.08. The van der Waals surface area contributed by atoms with E-state index in [2.05, 4.69) is 4.99 Å². The smallest absolute Gasteiger partial charge is 0.170 e. The normalized spacial score (nSPS) is 14.9. The first kappa shape index (κ1) is 16.3. The number of ketones is 1. The number of rotatable bonds is 5. The first-order valence-electron chi connectivity index (χ1n) is 8.45. The maximum Gasteiger partial charge on any atom is 0.170 e. The van der Waals surface area contributed by atoms with Crippen LogP contribution in [0.3, 0.4) is 0 Å². The molecular weight excluding hydrogens is 330 g/mol. The summed E-state index contributed by atoms with van der Waals surface area (Å²) in [7, 11) is 3.20. The lowest BCUT2D eigenvalue weighted by Crippen LogP contribution is -2.38. The van der Waals surface area contributed by atoms with Gasteiger partial charge in [0.15, 0.2) is 17.3 Å². The molecule has 0 saturated heterocycles. The second kappa shape index (κ2) is 6.63. The van der Waals surface area contributed by atoms with Crippen LogP contribution in [0.4, 0.5) is 5.69 Å². The highest BCUT2D eigenvalue weighted by Gasteiger charge is 2.31. The van der Waals surface area contributed by atoms with Gasteiger partial charge in [0.05, 0.1) is 32.9 Å². The van der Waals surface area contributed by atoms with Crippen LogP contribution >= 0.6 is 0 Å². The summed E-state index contributed by atoms with van der Waals surface area (Å²) in [6.45, 7) is 1.41. The Labute approximate surface area is 151 Å². The molecule has 6 heteroatoms. The van der Waals surface area contributed by atoms with Crippen molar-refractivity contribution in [3.05, 3.63) is 53.6 Å². The average molecular weight is 349 g/mol. The number of benzene rings is 2. The number of hydrogen-bond acceptors (Lipinski definition) is 6. The number of aliphatic imine (C=N–C) groups is 2. The number of Topliss-reactive ketones (excluding diaryl/α,β-unsaturated/α-hetero) is 1. The summed E-state index contributed by atoms with van der Waals surface area (Å²) in [5, 5.41) is 0. The minimum Gasteiger partial charge on any atom is -0.493 e. The van der Waals surface area contributed by atoms with Gasteiger partial charge in [-0.05, 0) is 6.07 Å². The Kier molecular flexibility index (Phi) is 4.16. The number of ether oxygens (including phenoxy) is 2. The Morgan fingerprint density at radius 2 is 1.85 bits per heavy atom. The first-order chi connectivity index (χ1) is 12.7. The molecule has 2 aromatic carbocycles. The zero-order chi connectivity index (χ0) is 18.1. The van der Waals surface area contributed by atoms with Crippen molar-refractivity contribution in [2.75, 3.05) is 27.3 Å². The zero-order valence-electron chi connectivity index (χ0n) is 14.7. The standard InChI is InChI=1S/C20H19N3O3/c1-25-17-10-14-15(11-18(17)26-2)22-19(23-9-8-21-20(14)23)12-16(24)13-6-4-3-5-7-13/h3-7,10-11H,8-9,12H2,1-2H3. The van der Waals surface area contributed by atoms with Crippen molar-refractivity contribution in [2.24, 2.45) is 9.98 Å². The van der Waals surface area contributed by atoms with Gasteiger partial charge in [-0.2, -0.15) is 0 Å². The molecule has 0 aromatic heterocycles. The van der Waals surface area contributed by atoms with Crippen LogP contribution in [0.5, 0.6) is 11.5 Å². The summed E-state index contributed by atoms with van der Waals surface area (Å²) < 4.78 is 10.8. The number of amidine groups is 2. The third kappa shape index (κ3) is 2.73. The lowest BCUT2D eigenvalue weighted by atomic mass is 10.0. The van der Waals surface area contributed by atoms with Crippen molar-refractivity contribution in [3.8, 4) is 11.5 Å². The van der Waals surface area contributed by atoms with Gasteiger partial charge in [-0.1, -0.05) is 30.3 Å². The summed E-state index contributed by atoms with van der Waals surface area (Å²) >= 11 is 0. The van der Waals surface area contributed by atoms with E-state index in [4.69, 9.17) is 14.5 Å². The van der Waals surface area contributed by atoms with Crippen LogP contribution in [-0.2, 0) is 0 Å². The van der Waals surface area contributed by atoms with Gasteiger partial charge < -0.3 is 14.4 Å². The Balaban J connectivity index is 1.74. The molecule has 0 aliphatic carbocycles. The van der Waals surface area contributed by atoms with E-state index in [9.17, 15) is 4.79 Å². The molecular formula is C20H19N3O3. The van der Waals surface area contributed by atoms with E-state index in [1.807, 2.05) is 47.4 Å². The summed E-state index contributed by atoms with van der Waals surface area (Å²) in [6.07, 6.45) is 0.233. The minimum atomic E-state index is 0.0412. The predicted molar refractivity (Wildman–Crippen MR) is 100 cm³/mol. The number of methoxy groups -OCH3 is 2. The van der Waals surface area contributed by atoms with Crippen molar-refractivity contribution in [1.29, 1.82) is 0 Å². The summed E-state index contributed by atoms with van der Waals surface area (Å²) in [5.74, 6) is 2.84. The van der Waals surface area contributed by atoms with E-state index < -0.39 is 0 Å². The largest absolute Gasteiger partial charge is 0.493 e. The third-order valence-corrected chi connectivity index (χ3v) is 4.56. The van der Waals surface area contributed by atoms with E-state index in [0.717, 1.165) is 29.5 Å². The van der Waals surface area contributed by atoms with E-state index >= 15 is 0 Å². The number of carbonyl (C=O) groups excluding carboxylic acids is 1. The van der Waals surface area contributed by atoms with Gasteiger partial charge in [-0.15, -0.1) is 0 Å². The van der Waals surface area contributed by atoms with Gasteiger partial charge in [0.1, 0.15) is 11.7 Å². The number of hydrogen-bond donors (Lipinski definition) is 0. The highest BCUT2D eigenvalue weighted by atomic mass is 16.5. The van der Waals surface area contributed by atoms with Crippen molar-refractivity contribution in [1.82, 2.24) is 4.90 Å². The van der Waals surface area contributed by atoms with Crippen LogP contribution in [0.15, 0.2) is 52.4 Å². The topological polar surface area (TPSA) is 63.5 Å². The number of fused-ring (bicyclic) bond motifs is 3. The Hall–Kier alpha value is -3.15. The lowest BCUT2D eigenvalue weighted by Gasteiger charge is -2.28. The molecule has 0 bridgehead atoms. The van der Waals surface area contributed by atoms with Crippen LogP contribution in [-0.4, -0.2) is 49.7 Å². The van der Waals surface area contributed by atoms with Crippen molar-refractivity contribution < 1.29 is 14.3 Å². The fourth-order valence-corrected chi connectivity index (χ4v) is 3.27. The van der Waals surface area contributed by atoms with Crippen LogP contribution in [0, 0.1) is 0 Å². The van der Waals surface area contributed by atoms with Gasteiger partial charge in [-0.3, -0.25) is 9.79 Å². The highest BCUT2D eigenvalue weighted by Crippen LogP contribution is 2.38. The number of nitrogens with zero attached hydrogens (tertiary/aromatic N) is 3. The zero-order valence-corrected chi connectivity index (χ0v) is 14.7. The van der Waals surface area contributed by atoms with E-state index in [-0.39, 0.29) is 12.2 Å². The fraction of sp³-hybridized carbons (Fsp3) is 0.250. The molecule has 4 rings (SSSR count). The van der Waals surface area contributed by atoms with Crippen LogP contribution in [0.25, 0.3) is 0 Å². The second-order valence-corrected chi connectivity index (χ2v) is 6.08. The molecule has 2 aromatic rings. The third-order valence-electron chi connectivity index (χ3n) is 4.56. The summed E-state index contributed by atoms with van der Waals surface area (Å²) in [4.78, 5) is 24.0. The molecule has 0 spiro atoms. The van der Waals surface area contributed by atoms with Crippen molar-refractivity contribution in [3.63, 3.8) is 0 Å². The van der Waals surface area contributed by atoms with Gasteiger partial charge in [0.2, 0.25) is 0 Å². The maximum atomic E-state index is 12.6.